The smallest absolute Gasteiger partial charge is 0.0534 e. The van der Waals surface area contributed by atoms with E-state index in [9.17, 15) is 0 Å². The van der Waals surface area contributed by atoms with Crippen LogP contribution in [0.2, 0.25) is 10.0 Å². The molecule has 0 atom stereocenters. The molecule has 146 valence electrons. The topological polar surface area (TPSA) is 11.4 Å². The Hall–Kier alpha value is -1.78. The molecule has 3 aromatic rings. The normalized spacial score (nSPS) is 15.9. The summed E-state index contributed by atoms with van der Waals surface area (Å²) >= 11 is 12.2. The molecular weight excluding hydrogens is 389 g/mol. The van der Waals surface area contributed by atoms with Crippen LogP contribution in [0.25, 0.3) is 16.9 Å². The van der Waals surface area contributed by atoms with E-state index in [0.29, 0.717) is 0 Å². The molecule has 0 bridgehead atoms. The zero-order valence-electron chi connectivity index (χ0n) is 16.3. The summed E-state index contributed by atoms with van der Waals surface area (Å²) < 4.78 is 2.32. The number of hydrogen-bond acceptors (Lipinski definition) is 2. The molecule has 3 nitrogen and oxygen atoms in total. The number of benzene rings is 2. The summed E-state index contributed by atoms with van der Waals surface area (Å²) in [4.78, 5) is 4.93. The van der Waals surface area contributed by atoms with Crippen LogP contribution >= 0.6 is 23.2 Å². The summed E-state index contributed by atoms with van der Waals surface area (Å²) in [6.07, 6.45) is 0. The van der Waals surface area contributed by atoms with Crippen LogP contribution in [0.5, 0.6) is 0 Å². The van der Waals surface area contributed by atoms with Gasteiger partial charge in [-0.3, -0.25) is 4.90 Å². The number of nitrogens with zero attached hydrogens (tertiary/aromatic N) is 3. The first-order valence-corrected chi connectivity index (χ1v) is 10.4. The van der Waals surface area contributed by atoms with Gasteiger partial charge in [0.25, 0.3) is 0 Å². The third-order valence-electron chi connectivity index (χ3n) is 5.57. The van der Waals surface area contributed by atoms with Crippen molar-refractivity contribution in [3.8, 4) is 16.9 Å². The van der Waals surface area contributed by atoms with Gasteiger partial charge in [-0.2, -0.15) is 0 Å². The second kappa shape index (κ2) is 8.30. The molecule has 1 aliphatic heterocycles. The summed E-state index contributed by atoms with van der Waals surface area (Å²) in [5, 5.41) is 1.50. The van der Waals surface area contributed by atoms with Crippen molar-refractivity contribution in [2.75, 3.05) is 33.2 Å². The van der Waals surface area contributed by atoms with E-state index in [2.05, 4.69) is 58.7 Å². The zero-order chi connectivity index (χ0) is 19.7. The summed E-state index contributed by atoms with van der Waals surface area (Å²) in [5.74, 6) is 0. The van der Waals surface area contributed by atoms with Crippen LogP contribution in [-0.4, -0.2) is 47.6 Å². The third kappa shape index (κ3) is 4.13. The molecule has 0 spiro atoms. The Bertz CT molecular complexity index is 937. The van der Waals surface area contributed by atoms with E-state index in [-0.39, 0.29) is 0 Å². The third-order valence-corrected chi connectivity index (χ3v) is 6.07. The van der Waals surface area contributed by atoms with Crippen LogP contribution in [0.1, 0.15) is 11.3 Å². The number of likely N-dealkylation sites (N-methyl/N-ethyl adjacent to an activating group) is 1. The Labute approximate surface area is 177 Å². The van der Waals surface area contributed by atoms with E-state index in [1.165, 1.54) is 17.0 Å². The fourth-order valence-electron chi connectivity index (χ4n) is 3.82. The highest BCUT2D eigenvalue weighted by molar-refractivity contribution is 6.30. The van der Waals surface area contributed by atoms with Crippen molar-refractivity contribution in [2.45, 2.75) is 13.5 Å². The van der Waals surface area contributed by atoms with Crippen molar-refractivity contribution in [3.05, 3.63) is 75.9 Å². The summed E-state index contributed by atoms with van der Waals surface area (Å²) in [7, 11) is 2.19. The van der Waals surface area contributed by atoms with Gasteiger partial charge in [0.2, 0.25) is 0 Å². The van der Waals surface area contributed by atoms with Crippen molar-refractivity contribution in [3.63, 3.8) is 0 Å². The Morgan fingerprint density at radius 1 is 0.821 bits per heavy atom. The largest absolute Gasteiger partial charge is 0.314 e. The number of hydrogen-bond donors (Lipinski definition) is 0. The highest BCUT2D eigenvalue weighted by Crippen LogP contribution is 2.31. The fourth-order valence-corrected chi connectivity index (χ4v) is 4.07. The summed E-state index contributed by atoms with van der Waals surface area (Å²) in [6, 6.07) is 18.4. The van der Waals surface area contributed by atoms with E-state index >= 15 is 0 Å². The van der Waals surface area contributed by atoms with Gasteiger partial charge in [-0.25, -0.2) is 0 Å². The minimum Gasteiger partial charge on any atom is -0.314 e. The lowest BCUT2D eigenvalue weighted by Gasteiger charge is -2.32. The van der Waals surface area contributed by atoms with Gasteiger partial charge in [0, 0.05) is 54.2 Å². The van der Waals surface area contributed by atoms with Crippen molar-refractivity contribution in [1.29, 1.82) is 0 Å². The van der Waals surface area contributed by atoms with Crippen LogP contribution < -0.4 is 0 Å². The highest BCUT2D eigenvalue weighted by Gasteiger charge is 2.19. The lowest BCUT2D eigenvalue weighted by Crippen LogP contribution is -2.43. The Morgan fingerprint density at radius 3 is 2.00 bits per heavy atom. The van der Waals surface area contributed by atoms with Crippen LogP contribution in [0.15, 0.2) is 54.6 Å². The van der Waals surface area contributed by atoms with Crippen LogP contribution in [-0.2, 0) is 6.54 Å². The first kappa shape index (κ1) is 19.5. The molecule has 5 heteroatoms. The van der Waals surface area contributed by atoms with E-state index < -0.39 is 0 Å². The maximum absolute atomic E-state index is 6.12. The summed E-state index contributed by atoms with van der Waals surface area (Å²) in [5.41, 5.74) is 6.10. The van der Waals surface area contributed by atoms with E-state index in [1.807, 2.05) is 24.3 Å². The molecule has 0 radical (unpaired) electrons. The second-order valence-corrected chi connectivity index (χ2v) is 8.41. The molecule has 2 aromatic carbocycles. The average Bonchev–Trinajstić information content (AvgIpc) is 3.01. The van der Waals surface area contributed by atoms with E-state index in [0.717, 1.165) is 54.0 Å². The van der Waals surface area contributed by atoms with Gasteiger partial charge in [0.15, 0.2) is 0 Å². The van der Waals surface area contributed by atoms with Crippen LogP contribution in [0, 0.1) is 6.92 Å². The van der Waals surface area contributed by atoms with Gasteiger partial charge in [-0.1, -0.05) is 35.3 Å². The standard InChI is InChI=1S/C23H25Cl2N3/c1-17-19(16-27-13-11-26(2)12-14-27)15-23(18-3-5-20(24)6-4-18)28(17)22-9-7-21(25)8-10-22/h3-10,15H,11-14,16H2,1-2H3. The monoisotopic (exact) mass is 413 g/mol. The Morgan fingerprint density at radius 2 is 1.39 bits per heavy atom. The SMILES string of the molecule is Cc1c(CN2CCN(C)CC2)cc(-c2ccc(Cl)cc2)n1-c1ccc(Cl)cc1. The lowest BCUT2D eigenvalue weighted by molar-refractivity contribution is 0.148. The molecule has 0 aliphatic carbocycles. The first-order chi connectivity index (χ1) is 13.5. The average molecular weight is 414 g/mol. The molecule has 1 fully saturated rings. The molecule has 2 heterocycles. The molecule has 0 N–H and O–H groups in total. The van der Waals surface area contributed by atoms with Crippen molar-refractivity contribution in [1.82, 2.24) is 14.4 Å². The van der Waals surface area contributed by atoms with Crippen molar-refractivity contribution >= 4 is 23.2 Å². The molecule has 4 rings (SSSR count). The zero-order valence-corrected chi connectivity index (χ0v) is 17.8. The summed E-state index contributed by atoms with van der Waals surface area (Å²) in [6.45, 7) is 7.65. The fraction of sp³-hybridized carbons (Fsp3) is 0.304. The van der Waals surface area contributed by atoms with E-state index in [1.54, 1.807) is 0 Å². The Kier molecular flexibility index (Phi) is 5.79. The minimum absolute atomic E-state index is 0.749. The maximum Gasteiger partial charge on any atom is 0.0534 e. The molecule has 1 saturated heterocycles. The van der Waals surface area contributed by atoms with Gasteiger partial charge in [-0.05, 0) is 67.6 Å². The molecule has 1 aliphatic rings. The van der Waals surface area contributed by atoms with Crippen molar-refractivity contribution in [2.24, 2.45) is 0 Å². The van der Waals surface area contributed by atoms with Gasteiger partial charge < -0.3 is 9.47 Å². The number of rotatable bonds is 4. The number of halogens is 2. The van der Waals surface area contributed by atoms with E-state index in [4.69, 9.17) is 23.2 Å². The van der Waals surface area contributed by atoms with Crippen molar-refractivity contribution < 1.29 is 0 Å². The predicted octanol–water partition coefficient (Wildman–Crippen LogP) is 5.51. The quantitative estimate of drug-likeness (QED) is 0.558. The molecule has 0 saturated carbocycles. The molecule has 1 aromatic heterocycles. The Balaban J connectivity index is 1.75. The predicted molar refractivity (Wildman–Crippen MR) is 119 cm³/mol. The van der Waals surface area contributed by atoms with Crippen LogP contribution in [0.3, 0.4) is 0 Å². The number of aromatic nitrogens is 1. The highest BCUT2D eigenvalue weighted by atomic mass is 35.5. The second-order valence-electron chi connectivity index (χ2n) is 7.54. The first-order valence-electron chi connectivity index (χ1n) is 9.65. The lowest BCUT2D eigenvalue weighted by atomic mass is 10.1. The number of piperazine rings is 1. The van der Waals surface area contributed by atoms with Gasteiger partial charge in [-0.15, -0.1) is 0 Å². The molecule has 0 unspecified atom stereocenters. The maximum atomic E-state index is 6.12. The van der Waals surface area contributed by atoms with Gasteiger partial charge >= 0.3 is 0 Å². The van der Waals surface area contributed by atoms with Gasteiger partial charge in [0.1, 0.15) is 0 Å². The van der Waals surface area contributed by atoms with Gasteiger partial charge in [0.05, 0.1) is 5.69 Å². The minimum atomic E-state index is 0.749. The molecule has 0 amide bonds. The molecule has 28 heavy (non-hydrogen) atoms. The van der Waals surface area contributed by atoms with Crippen LogP contribution in [0.4, 0.5) is 0 Å². The molecular formula is C23H25Cl2N3.